The summed E-state index contributed by atoms with van der Waals surface area (Å²) in [6.07, 6.45) is 1.43. The molecule has 4 N–H and O–H groups in total. The molecule has 0 aromatic heterocycles. The number of hydrogen-bond acceptors (Lipinski definition) is 5. The zero-order valence-corrected chi connectivity index (χ0v) is 13.6. The third kappa shape index (κ3) is 3.58. The van der Waals surface area contributed by atoms with Gasteiger partial charge in [-0.1, -0.05) is 18.2 Å². The molecule has 2 atom stereocenters. The molecular formula is C17H22N4O3. The number of carbonyl (C=O) groups excluding carboxylic acids is 2. The molecule has 0 bridgehead atoms. The Bertz CT molecular complexity index is 656. The van der Waals surface area contributed by atoms with E-state index in [9.17, 15) is 9.59 Å². The second-order valence-corrected chi connectivity index (χ2v) is 6.02. The van der Waals surface area contributed by atoms with Gasteiger partial charge in [-0.2, -0.15) is 0 Å². The van der Waals surface area contributed by atoms with Crippen LogP contribution in [-0.2, 0) is 9.53 Å². The highest BCUT2D eigenvalue weighted by Crippen LogP contribution is 2.25. The van der Waals surface area contributed by atoms with Crippen LogP contribution in [0.2, 0.25) is 0 Å². The molecule has 3 rings (SSSR count). The van der Waals surface area contributed by atoms with Crippen LogP contribution in [0.1, 0.15) is 12.5 Å². The Labute approximate surface area is 140 Å². The fourth-order valence-corrected chi connectivity index (χ4v) is 2.90. The van der Waals surface area contributed by atoms with Crippen LogP contribution in [-0.4, -0.2) is 50.3 Å². The maximum Gasteiger partial charge on any atom is 0.414 e. The number of nitrogens with one attached hydrogen (secondary N) is 2. The van der Waals surface area contributed by atoms with Crippen LogP contribution in [0.15, 0.2) is 30.3 Å². The fourth-order valence-electron chi connectivity index (χ4n) is 2.90. The van der Waals surface area contributed by atoms with Gasteiger partial charge < -0.3 is 21.1 Å². The van der Waals surface area contributed by atoms with Gasteiger partial charge in [-0.05, 0) is 23.3 Å². The molecule has 1 saturated heterocycles. The van der Waals surface area contributed by atoms with Crippen molar-refractivity contribution in [1.82, 2.24) is 10.6 Å². The van der Waals surface area contributed by atoms with E-state index in [0.29, 0.717) is 19.6 Å². The van der Waals surface area contributed by atoms with Crippen molar-refractivity contribution in [2.24, 2.45) is 5.73 Å². The number of anilines is 1. The summed E-state index contributed by atoms with van der Waals surface area (Å²) in [5.41, 5.74) is 8.78. The first-order valence-electron chi connectivity index (χ1n) is 8.04. The molecule has 0 saturated carbocycles. The van der Waals surface area contributed by atoms with Gasteiger partial charge in [0.15, 0.2) is 0 Å². The van der Waals surface area contributed by atoms with Gasteiger partial charge in [-0.15, -0.1) is 0 Å². The Morgan fingerprint density at radius 1 is 1.42 bits per heavy atom. The van der Waals surface area contributed by atoms with E-state index in [1.54, 1.807) is 4.90 Å². The number of nitrogens with zero attached hydrogens (tertiary/aromatic N) is 1. The smallest absolute Gasteiger partial charge is 0.414 e. The van der Waals surface area contributed by atoms with Crippen LogP contribution in [0.25, 0.3) is 5.57 Å². The minimum Gasteiger partial charge on any atom is -0.442 e. The second kappa shape index (κ2) is 7.02. The number of hydrogen-bond donors (Lipinski definition) is 3. The first-order chi connectivity index (χ1) is 11.6. The molecule has 7 nitrogen and oxygen atoms in total. The summed E-state index contributed by atoms with van der Waals surface area (Å²) < 4.78 is 5.27. The highest BCUT2D eigenvalue weighted by molar-refractivity contribution is 5.90. The Morgan fingerprint density at radius 2 is 2.17 bits per heavy atom. The lowest BCUT2D eigenvalue weighted by molar-refractivity contribution is -0.119. The van der Waals surface area contributed by atoms with Crippen molar-refractivity contribution in [2.45, 2.75) is 19.1 Å². The van der Waals surface area contributed by atoms with E-state index in [2.05, 4.69) is 16.7 Å². The molecule has 128 valence electrons. The van der Waals surface area contributed by atoms with Gasteiger partial charge >= 0.3 is 6.09 Å². The zero-order valence-electron chi connectivity index (χ0n) is 13.6. The first kappa shape index (κ1) is 16.5. The zero-order chi connectivity index (χ0) is 17.1. The molecular weight excluding hydrogens is 308 g/mol. The van der Waals surface area contributed by atoms with Gasteiger partial charge in [-0.3, -0.25) is 9.69 Å². The van der Waals surface area contributed by atoms with Crippen LogP contribution in [0.4, 0.5) is 10.5 Å². The molecule has 0 aliphatic carbocycles. The lowest BCUT2D eigenvalue weighted by Gasteiger charge is -2.14. The van der Waals surface area contributed by atoms with Crippen molar-refractivity contribution in [3.8, 4) is 0 Å². The number of ether oxygens (including phenoxy) is 1. The monoisotopic (exact) mass is 330 g/mol. The minimum atomic E-state index is -0.386. The summed E-state index contributed by atoms with van der Waals surface area (Å²) in [6, 6.07) is 8.04. The van der Waals surface area contributed by atoms with Gasteiger partial charge in [0.1, 0.15) is 6.10 Å². The number of amides is 2. The predicted molar refractivity (Wildman–Crippen MR) is 91.6 cm³/mol. The maximum atomic E-state index is 12.0. The fraction of sp³-hybridized carbons (Fsp3) is 0.412. The summed E-state index contributed by atoms with van der Waals surface area (Å²) in [7, 11) is 0. The average molecular weight is 330 g/mol. The van der Waals surface area contributed by atoms with E-state index in [1.165, 1.54) is 12.5 Å². The van der Waals surface area contributed by atoms with Gasteiger partial charge in [0.2, 0.25) is 5.91 Å². The van der Waals surface area contributed by atoms with E-state index in [4.69, 9.17) is 10.5 Å². The minimum absolute atomic E-state index is 0.136. The van der Waals surface area contributed by atoms with Gasteiger partial charge in [0, 0.05) is 31.7 Å². The largest absolute Gasteiger partial charge is 0.442 e. The summed E-state index contributed by atoms with van der Waals surface area (Å²) >= 11 is 0. The lowest BCUT2D eigenvalue weighted by Crippen LogP contribution is -2.33. The number of nitrogens with two attached hydrogens (primary N) is 1. The number of carbonyl (C=O) groups is 2. The molecule has 2 heterocycles. The van der Waals surface area contributed by atoms with Crippen LogP contribution in [0.3, 0.4) is 0 Å². The molecule has 2 aliphatic heterocycles. The number of cyclic esters (lactones) is 1. The van der Waals surface area contributed by atoms with E-state index in [-0.39, 0.29) is 24.1 Å². The first-order valence-corrected chi connectivity index (χ1v) is 8.04. The van der Waals surface area contributed by atoms with Crippen molar-refractivity contribution >= 4 is 23.3 Å². The Kier molecular flexibility index (Phi) is 4.82. The number of benzene rings is 1. The van der Waals surface area contributed by atoms with Gasteiger partial charge in [-0.25, -0.2) is 4.79 Å². The predicted octanol–water partition coefficient (Wildman–Crippen LogP) is 0.462. The van der Waals surface area contributed by atoms with Gasteiger partial charge in [0.25, 0.3) is 0 Å². The molecule has 1 fully saturated rings. The molecule has 2 aliphatic rings. The van der Waals surface area contributed by atoms with E-state index in [1.807, 2.05) is 24.3 Å². The molecule has 2 amide bonds. The Balaban J connectivity index is 1.65. The molecule has 0 radical (unpaired) electrons. The molecule has 24 heavy (non-hydrogen) atoms. The molecule has 0 spiro atoms. The van der Waals surface area contributed by atoms with Crippen LogP contribution >= 0.6 is 0 Å². The van der Waals surface area contributed by atoms with Crippen molar-refractivity contribution in [3.63, 3.8) is 0 Å². The summed E-state index contributed by atoms with van der Waals surface area (Å²) in [5.74, 6) is -0.136. The quantitative estimate of drug-likeness (QED) is 0.729. The van der Waals surface area contributed by atoms with Crippen LogP contribution < -0.4 is 21.3 Å². The SMILES string of the molecule is CC(=O)NC[C@H]1CN(c2ccc(C3=C[C@@H](CN)NC3)cc2)C(=O)O1. The number of rotatable bonds is 5. The van der Waals surface area contributed by atoms with Crippen molar-refractivity contribution < 1.29 is 14.3 Å². The van der Waals surface area contributed by atoms with Gasteiger partial charge in [0.05, 0.1) is 13.1 Å². The van der Waals surface area contributed by atoms with Crippen LogP contribution in [0.5, 0.6) is 0 Å². The third-order valence-electron chi connectivity index (χ3n) is 4.21. The Hall–Kier alpha value is -2.38. The summed E-state index contributed by atoms with van der Waals surface area (Å²) in [5, 5.41) is 5.99. The van der Waals surface area contributed by atoms with E-state index < -0.39 is 0 Å². The maximum absolute atomic E-state index is 12.0. The summed E-state index contributed by atoms with van der Waals surface area (Å²) in [6.45, 7) is 3.57. The van der Waals surface area contributed by atoms with Crippen molar-refractivity contribution in [3.05, 3.63) is 35.9 Å². The normalized spacial score (nSPS) is 23.2. The lowest BCUT2D eigenvalue weighted by atomic mass is 10.1. The van der Waals surface area contributed by atoms with E-state index >= 15 is 0 Å². The highest BCUT2D eigenvalue weighted by atomic mass is 16.6. The molecule has 7 heteroatoms. The Morgan fingerprint density at radius 3 is 2.79 bits per heavy atom. The van der Waals surface area contributed by atoms with Crippen molar-refractivity contribution in [1.29, 1.82) is 0 Å². The highest BCUT2D eigenvalue weighted by Gasteiger charge is 2.32. The molecule has 1 aromatic rings. The van der Waals surface area contributed by atoms with Crippen LogP contribution in [0, 0.1) is 0 Å². The molecule has 0 unspecified atom stereocenters. The second-order valence-electron chi connectivity index (χ2n) is 6.02. The van der Waals surface area contributed by atoms with E-state index in [0.717, 1.165) is 17.8 Å². The topological polar surface area (TPSA) is 96.7 Å². The summed E-state index contributed by atoms with van der Waals surface area (Å²) in [4.78, 5) is 24.6. The molecule has 1 aromatic carbocycles. The van der Waals surface area contributed by atoms with Crippen molar-refractivity contribution in [2.75, 3.05) is 31.1 Å². The standard InChI is InChI=1S/C17H22N4O3/c1-11(22)19-9-16-10-21(17(23)24-16)15-4-2-12(3-5-15)13-6-14(7-18)20-8-13/h2-6,14,16,20H,7-10,18H2,1H3,(H,19,22)/t14-,16-/m0/s1. The average Bonchev–Trinajstić information content (AvgIpc) is 3.19. The third-order valence-corrected chi connectivity index (χ3v) is 4.21.